The number of rotatable bonds is 1. The number of halogens is 2. The van der Waals surface area contributed by atoms with Crippen LogP contribution in [0.25, 0.3) is 0 Å². The van der Waals surface area contributed by atoms with E-state index in [4.69, 9.17) is 4.74 Å². The van der Waals surface area contributed by atoms with Gasteiger partial charge >= 0.3 is 11.8 Å². The van der Waals surface area contributed by atoms with Crippen LogP contribution in [0, 0.1) is 0 Å². The van der Waals surface area contributed by atoms with Crippen molar-refractivity contribution in [2.24, 2.45) is 0 Å². The van der Waals surface area contributed by atoms with Crippen molar-refractivity contribution in [3.8, 4) is 5.75 Å². The molecule has 17 heavy (non-hydrogen) atoms. The Morgan fingerprint density at radius 2 is 2.18 bits per heavy atom. The van der Waals surface area contributed by atoms with Crippen molar-refractivity contribution in [2.45, 2.75) is 18.8 Å². The summed E-state index contributed by atoms with van der Waals surface area (Å²) in [6, 6.07) is 3.00. The lowest BCUT2D eigenvalue weighted by molar-refractivity contribution is -0.141. The summed E-state index contributed by atoms with van der Waals surface area (Å²) in [6.07, 6.45) is 1.42. The van der Waals surface area contributed by atoms with Crippen LogP contribution in [0.15, 0.2) is 12.1 Å². The minimum atomic E-state index is -3.41. The van der Waals surface area contributed by atoms with E-state index in [1.165, 1.54) is 18.1 Å². The predicted octanol–water partition coefficient (Wildman–Crippen LogP) is 2.08. The summed E-state index contributed by atoms with van der Waals surface area (Å²) in [4.78, 5) is 12.8. The van der Waals surface area contributed by atoms with Crippen molar-refractivity contribution < 1.29 is 18.3 Å². The third-order valence-electron chi connectivity index (χ3n) is 3.35. The number of nitrogens with zero attached hydrogens (tertiary/aromatic N) is 1. The van der Waals surface area contributed by atoms with Gasteiger partial charge in [0, 0.05) is 6.54 Å². The second-order valence-electron chi connectivity index (χ2n) is 4.32. The highest BCUT2D eigenvalue weighted by atomic mass is 19.3. The van der Waals surface area contributed by atoms with Gasteiger partial charge in [-0.2, -0.15) is 8.78 Å². The van der Waals surface area contributed by atoms with Crippen LogP contribution in [0.5, 0.6) is 5.75 Å². The van der Waals surface area contributed by atoms with Gasteiger partial charge in [-0.05, 0) is 30.5 Å². The molecule has 2 aliphatic rings. The third kappa shape index (κ3) is 1.22. The lowest BCUT2D eigenvalue weighted by Gasteiger charge is -2.24. The van der Waals surface area contributed by atoms with Crippen LogP contribution < -0.4 is 9.64 Å². The molecule has 0 fully saturated rings. The number of hydrogen-bond acceptors (Lipinski definition) is 2. The third-order valence-corrected chi connectivity index (χ3v) is 3.35. The fraction of sp³-hybridized carbons (Fsp3) is 0.417. The van der Waals surface area contributed by atoms with E-state index >= 15 is 0 Å². The fourth-order valence-corrected chi connectivity index (χ4v) is 2.56. The first-order valence-corrected chi connectivity index (χ1v) is 5.47. The van der Waals surface area contributed by atoms with E-state index in [0.29, 0.717) is 30.8 Å². The second kappa shape index (κ2) is 3.18. The van der Waals surface area contributed by atoms with E-state index in [9.17, 15) is 13.6 Å². The molecule has 3 nitrogen and oxygen atoms in total. The second-order valence-corrected chi connectivity index (χ2v) is 4.32. The van der Waals surface area contributed by atoms with E-state index in [0.717, 1.165) is 5.56 Å². The van der Waals surface area contributed by atoms with Crippen molar-refractivity contribution in [1.29, 1.82) is 0 Å². The Labute approximate surface area is 97.0 Å². The maximum absolute atomic E-state index is 13.8. The van der Waals surface area contributed by atoms with Crippen LogP contribution in [0.4, 0.5) is 14.5 Å². The number of anilines is 1. The SMILES string of the molecule is COc1cc2c3c(c1)C(F)(F)C(=O)N3CCC2. The van der Waals surface area contributed by atoms with Crippen molar-refractivity contribution >= 4 is 11.6 Å². The zero-order chi connectivity index (χ0) is 12.2. The average molecular weight is 239 g/mol. The molecule has 0 saturated carbocycles. The quantitative estimate of drug-likeness (QED) is 0.751. The van der Waals surface area contributed by atoms with E-state index < -0.39 is 11.8 Å². The van der Waals surface area contributed by atoms with Crippen LogP contribution in [0.3, 0.4) is 0 Å². The number of methoxy groups -OCH3 is 1. The van der Waals surface area contributed by atoms with Gasteiger partial charge in [0.05, 0.1) is 18.4 Å². The number of ether oxygens (including phenoxy) is 1. The first-order chi connectivity index (χ1) is 8.05. The van der Waals surface area contributed by atoms with E-state index in [2.05, 4.69) is 0 Å². The summed E-state index contributed by atoms with van der Waals surface area (Å²) in [5.41, 5.74) is 0.958. The van der Waals surface area contributed by atoms with Gasteiger partial charge in [-0.3, -0.25) is 4.79 Å². The molecular formula is C12H11F2NO2. The number of aryl methyl sites for hydroxylation is 1. The standard InChI is InChI=1S/C12H11F2NO2/c1-17-8-5-7-3-2-4-15-10(7)9(6-8)12(13,14)11(15)16/h5-6H,2-4H2,1H3. The zero-order valence-corrected chi connectivity index (χ0v) is 9.30. The fourth-order valence-electron chi connectivity index (χ4n) is 2.56. The Kier molecular flexibility index (Phi) is 1.97. The number of amides is 1. The monoisotopic (exact) mass is 239 g/mol. The zero-order valence-electron chi connectivity index (χ0n) is 9.30. The Hall–Kier alpha value is -1.65. The van der Waals surface area contributed by atoms with E-state index in [1.54, 1.807) is 6.07 Å². The number of alkyl halides is 2. The number of benzene rings is 1. The molecule has 2 aliphatic heterocycles. The largest absolute Gasteiger partial charge is 0.497 e. The minimum Gasteiger partial charge on any atom is -0.497 e. The molecule has 3 rings (SSSR count). The molecule has 2 heterocycles. The van der Waals surface area contributed by atoms with Crippen molar-refractivity contribution in [2.75, 3.05) is 18.6 Å². The van der Waals surface area contributed by atoms with Crippen LogP contribution in [0.1, 0.15) is 17.5 Å². The summed E-state index contributed by atoms with van der Waals surface area (Å²) < 4.78 is 32.7. The van der Waals surface area contributed by atoms with Gasteiger partial charge in [0.2, 0.25) is 0 Å². The summed E-state index contributed by atoms with van der Waals surface area (Å²) >= 11 is 0. The van der Waals surface area contributed by atoms with Gasteiger partial charge in [0.1, 0.15) is 5.75 Å². The minimum absolute atomic E-state index is 0.212. The maximum atomic E-state index is 13.8. The van der Waals surface area contributed by atoms with Gasteiger partial charge < -0.3 is 9.64 Å². The lowest BCUT2D eigenvalue weighted by atomic mass is 9.99. The Morgan fingerprint density at radius 3 is 2.88 bits per heavy atom. The van der Waals surface area contributed by atoms with Crippen LogP contribution >= 0.6 is 0 Å². The molecule has 5 heteroatoms. The molecule has 0 saturated heterocycles. The Balaban J connectivity index is 2.29. The smallest absolute Gasteiger partial charge is 0.352 e. The molecule has 0 radical (unpaired) electrons. The number of hydrogen-bond donors (Lipinski definition) is 0. The van der Waals surface area contributed by atoms with Crippen molar-refractivity contribution in [1.82, 2.24) is 0 Å². The molecule has 0 atom stereocenters. The molecule has 1 amide bonds. The Morgan fingerprint density at radius 1 is 1.41 bits per heavy atom. The van der Waals surface area contributed by atoms with Gasteiger partial charge in [-0.15, -0.1) is 0 Å². The highest BCUT2D eigenvalue weighted by molar-refractivity contribution is 6.07. The highest BCUT2D eigenvalue weighted by Gasteiger charge is 2.54. The van der Waals surface area contributed by atoms with Gasteiger partial charge in [0.25, 0.3) is 0 Å². The topological polar surface area (TPSA) is 29.5 Å². The molecule has 90 valence electrons. The summed E-state index contributed by atoms with van der Waals surface area (Å²) in [7, 11) is 1.43. The average Bonchev–Trinajstić information content (AvgIpc) is 2.53. The normalized spacial score (nSPS) is 20.4. The summed E-state index contributed by atoms with van der Waals surface area (Å²) in [5, 5.41) is 0. The van der Waals surface area contributed by atoms with Gasteiger partial charge in [-0.25, -0.2) is 0 Å². The predicted molar refractivity (Wildman–Crippen MR) is 57.6 cm³/mol. The molecule has 1 aromatic carbocycles. The molecule has 1 aromatic rings. The van der Waals surface area contributed by atoms with Crippen LogP contribution in [-0.2, 0) is 17.1 Å². The van der Waals surface area contributed by atoms with Crippen molar-refractivity contribution in [3.05, 3.63) is 23.3 Å². The summed E-state index contributed by atoms with van der Waals surface area (Å²) in [6.45, 7) is 0.376. The molecule has 0 N–H and O–H groups in total. The van der Waals surface area contributed by atoms with Crippen LogP contribution in [-0.4, -0.2) is 19.6 Å². The summed E-state index contributed by atoms with van der Waals surface area (Å²) in [5.74, 6) is -4.14. The number of carbonyl (C=O) groups is 1. The van der Waals surface area contributed by atoms with Gasteiger partial charge in [-0.1, -0.05) is 0 Å². The molecule has 0 unspecified atom stereocenters. The van der Waals surface area contributed by atoms with Crippen LogP contribution in [0.2, 0.25) is 0 Å². The number of carbonyl (C=O) groups excluding carboxylic acids is 1. The Bertz CT molecular complexity index is 513. The highest BCUT2D eigenvalue weighted by Crippen LogP contribution is 2.49. The molecule has 0 bridgehead atoms. The molecule has 0 aromatic heterocycles. The van der Waals surface area contributed by atoms with E-state index in [1.807, 2.05) is 0 Å². The lowest BCUT2D eigenvalue weighted by Crippen LogP contribution is -2.36. The molecule has 0 aliphatic carbocycles. The molecular weight excluding hydrogens is 228 g/mol. The van der Waals surface area contributed by atoms with Gasteiger partial charge in [0.15, 0.2) is 0 Å². The maximum Gasteiger partial charge on any atom is 0.352 e. The van der Waals surface area contributed by atoms with E-state index in [-0.39, 0.29) is 5.56 Å². The first kappa shape index (κ1) is 10.5. The molecule has 0 spiro atoms. The van der Waals surface area contributed by atoms with Crippen molar-refractivity contribution in [3.63, 3.8) is 0 Å². The first-order valence-electron chi connectivity index (χ1n) is 5.47.